The first kappa shape index (κ1) is 17.3. The van der Waals surface area contributed by atoms with E-state index in [1.807, 2.05) is 37.9 Å². The highest BCUT2D eigenvalue weighted by Crippen LogP contribution is 2.25. The first-order valence-corrected chi connectivity index (χ1v) is 8.63. The quantitative estimate of drug-likeness (QED) is 0.879. The van der Waals surface area contributed by atoms with Crippen molar-refractivity contribution in [1.29, 1.82) is 0 Å². The second kappa shape index (κ2) is 7.47. The zero-order valence-electron chi connectivity index (χ0n) is 13.9. The molecule has 1 saturated heterocycles. The van der Waals surface area contributed by atoms with Gasteiger partial charge >= 0.3 is 6.03 Å². The SMILES string of the molecule is Cc1cc(Br)cc(C)c1NC(=O)N(C)CC1CCCN(C)C1. The van der Waals surface area contributed by atoms with Crippen LogP contribution in [0.25, 0.3) is 0 Å². The third kappa shape index (κ3) is 4.46. The van der Waals surface area contributed by atoms with Crippen LogP contribution in [0.3, 0.4) is 0 Å². The van der Waals surface area contributed by atoms with E-state index in [0.717, 1.165) is 34.4 Å². The van der Waals surface area contributed by atoms with Crippen molar-refractivity contribution in [2.75, 3.05) is 39.0 Å². The molecule has 1 aliphatic heterocycles. The van der Waals surface area contributed by atoms with E-state index in [0.29, 0.717) is 5.92 Å². The molecule has 0 aromatic heterocycles. The Morgan fingerprint density at radius 1 is 1.41 bits per heavy atom. The molecule has 1 heterocycles. The van der Waals surface area contributed by atoms with Crippen molar-refractivity contribution in [1.82, 2.24) is 9.80 Å². The molecule has 1 aromatic rings. The van der Waals surface area contributed by atoms with Crippen molar-refractivity contribution in [3.05, 3.63) is 27.7 Å². The molecule has 0 spiro atoms. The Balaban J connectivity index is 1.97. The summed E-state index contributed by atoms with van der Waals surface area (Å²) in [5, 5.41) is 3.06. The number of carbonyl (C=O) groups excluding carboxylic acids is 1. The number of amides is 2. The maximum absolute atomic E-state index is 12.4. The topological polar surface area (TPSA) is 35.6 Å². The highest BCUT2D eigenvalue weighted by molar-refractivity contribution is 9.10. The monoisotopic (exact) mass is 367 g/mol. The predicted molar refractivity (Wildman–Crippen MR) is 95.5 cm³/mol. The molecule has 1 fully saturated rings. The Morgan fingerprint density at radius 2 is 2.05 bits per heavy atom. The van der Waals surface area contributed by atoms with Gasteiger partial charge in [-0.2, -0.15) is 0 Å². The van der Waals surface area contributed by atoms with Gasteiger partial charge in [-0.3, -0.25) is 0 Å². The van der Waals surface area contributed by atoms with Gasteiger partial charge < -0.3 is 15.1 Å². The molecule has 5 heteroatoms. The van der Waals surface area contributed by atoms with E-state index >= 15 is 0 Å². The summed E-state index contributed by atoms with van der Waals surface area (Å²) in [6, 6.07) is 4.03. The van der Waals surface area contributed by atoms with Gasteiger partial charge in [0.2, 0.25) is 0 Å². The molecule has 0 radical (unpaired) electrons. The van der Waals surface area contributed by atoms with Gasteiger partial charge in [0, 0.05) is 30.3 Å². The molecule has 1 unspecified atom stereocenters. The number of anilines is 1. The Kier molecular flexibility index (Phi) is 5.87. The van der Waals surface area contributed by atoms with E-state index in [1.54, 1.807) is 0 Å². The van der Waals surface area contributed by atoms with Crippen LogP contribution < -0.4 is 5.32 Å². The lowest BCUT2D eigenvalue weighted by molar-refractivity contribution is 0.170. The molecule has 4 nitrogen and oxygen atoms in total. The molecule has 2 amide bonds. The van der Waals surface area contributed by atoms with Crippen molar-refractivity contribution in [3.8, 4) is 0 Å². The number of aryl methyl sites for hydroxylation is 2. The number of nitrogens with zero attached hydrogens (tertiary/aromatic N) is 2. The van der Waals surface area contributed by atoms with Crippen molar-refractivity contribution < 1.29 is 4.79 Å². The number of likely N-dealkylation sites (tertiary alicyclic amines) is 1. The van der Waals surface area contributed by atoms with Gasteiger partial charge in [0.25, 0.3) is 0 Å². The van der Waals surface area contributed by atoms with Crippen LogP contribution in [0.15, 0.2) is 16.6 Å². The summed E-state index contributed by atoms with van der Waals surface area (Å²) in [7, 11) is 4.04. The molecule has 0 bridgehead atoms. The maximum Gasteiger partial charge on any atom is 0.321 e. The second-order valence-corrected chi connectivity index (χ2v) is 7.41. The van der Waals surface area contributed by atoms with E-state index in [-0.39, 0.29) is 6.03 Å². The number of rotatable bonds is 3. The number of benzene rings is 1. The fourth-order valence-electron chi connectivity index (χ4n) is 3.20. The molecule has 0 aliphatic carbocycles. The Bertz CT molecular complexity index is 524. The molecular weight excluding hydrogens is 342 g/mol. The Morgan fingerprint density at radius 3 is 2.64 bits per heavy atom. The number of hydrogen-bond donors (Lipinski definition) is 1. The van der Waals surface area contributed by atoms with E-state index in [1.165, 1.54) is 19.4 Å². The minimum absolute atomic E-state index is 0.0262. The number of halogens is 1. The summed E-state index contributed by atoms with van der Waals surface area (Å²) in [6.45, 7) is 7.09. The number of urea groups is 1. The second-order valence-electron chi connectivity index (χ2n) is 6.50. The van der Waals surface area contributed by atoms with Gasteiger partial charge in [0.05, 0.1) is 0 Å². The smallest absolute Gasteiger partial charge is 0.321 e. The van der Waals surface area contributed by atoms with E-state index in [2.05, 4.69) is 33.2 Å². The van der Waals surface area contributed by atoms with Gasteiger partial charge in [0.15, 0.2) is 0 Å². The van der Waals surface area contributed by atoms with Crippen LogP contribution in [0.5, 0.6) is 0 Å². The van der Waals surface area contributed by atoms with Crippen LogP contribution in [0.2, 0.25) is 0 Å². The number of nitrogens with one attached hydrogen (secondary N) is 1. The van der Waals surface area contributed by atoms with Crippen molar-refractivity contribution in [2.24, 2.45) is 5.92 Å². The lowest BCUT2D eigenvalue weighted by Crippen LogP contribution is -2.41. The van der Waals surface area contributed by atoms with E-state index in [4.69, 9.17) is 0 Å². The van der Waals surface area contributed by atoms with Gasteiger partial charge in [0.1, 0.15) is 0 Å². The molecule has 2 rings (SSSR count). The predicted octanol–water partition coefficient (Wildman–Crippen LogP) is 3.87. The normalized spacial score (nSPS) is 19.0. The van der Waals surface area contributed by atoms with Gasteiger partial charge in [-0.25, -0.2) is 4.79 Å². The van der Waals surface area contributed by atoms with Crippen LogP contribution in [0, 0.1) is 19.8 Å². The zero-order chi connectivity index (χ0) is 16.3. The average Bonchev–Trinajstić information content (AvgIpc) is 2.42. The summed E-state index contributed by atoms with van der Waals surface area (Å²) in [5.74, 6) is 0.571. The first-order valence-electron chi connectivity index (χ1n) is 7.84. The van der Waals surface area contributed by atoms with Crippen LogP contribution >= 0.6 is 15.9 Å². The van der Waals surface area contributed by atoms with Crippen LogP contribution in [0.1, 0.15) is 24.0 Å². The van der Waals surface area contributed by atoms with E-state index in [9.17, 15) is 4.79 Å². The largest absolute Gasteiger partial charge is 0.327 e. The van der Waals surface area contributed by atoms with E-state index < -0.39 is 0 Å². The molecule has 0 saturated carbocycles. The summed E-state index contributed by atoms with van der Waals surface area (Å²) in [4.78, 5) is 16.6. The molecule has 1 aromatic carbocycles. The lowest BCUT2D eigenvalue weighted by atomic mass is 9.98. The molecule has 122 valence electrons. The Labute approximate surface area is 142 Å². The summed E-state index contributed by atoms with van der Waals surface area (Å²) >= 11 is 3.49. The summed E-state index contributed by atoms with van der Waals surface area (Å²) in [5.41, 5.74) is 3.07. The van der Waals surface area contributed by atoms with Gasteiger partial charge in [-0.05, 0) is 69.5 Å². The lowest BCUT2D eigenvalue weighted by Gasteiger charge is -2.32. The number of hydrogen-bond acceptors (Lipinski definition) is 2. The molecular formula is C17H26BrN3O. The fraction of sp³-hybridized carbons (Fsp3) is 0.588. The van der Waals surface area contributed by atoms with Crippen LogP contribution in [-0.2, 0) is 0 Å². The van der Waals surface area contributed by atoms with Gasteiger partial charge in [-0.1, -0.05) is 15.9 Å². The number of carbonyl (C=O) groups is 1. The first-order chi connectivity index (χ1) is 10.4. The van der Waals surface area contributed by atoms with Gasteiger partial charge in [-0.15, -0.1) is 0 Å². The third-order valence-electron chi connectivity index (χ3n) is 4.33. The highest BCUT2D eigenvalue weighted by atomic mass is 79.9. The summed E-state index contributed by atoms with van der Waals surface area (Å²) in [6.07, 6.45) is 2.43. The minimum atomic E-state index is -0.0262. The molecule has 1 N–H and O–H groups in total. The fourth-order valence-corrected chi connectivity index (χ4v) is 3.89. The minimum Gasteiger partial charge on any atom is -0.327 e. The number of piperidine rings is 1. The third-order valence-corrected chi connectivity index (χ3v) is 4.79. The zero-order valence-corrected chi connectivity index (χ0v) is 15.5. The molecule has 1 aliphatic rings. The maximum atomic E-state index is 12.4. The molecule has 1 atom stereocenters. The van der Waals surface area contributed by atoms with Crippen molar-refractivity contribution in [2.45, 2.75) is 26.7 Å². The average molecular weight is 368 g/mol. The standard InChI is InChI=1S/C17H26BrN3O/c1-12-8-15(18)9-13(2)16(12)19-17(22)21(4)11-14-6-5-7-20(3)10-14/h8-9,14H,5-7,10-11H2,1-4H3,(H,19,22). The summed E-state index contributed by atoms with van der Waals surface area (Å²) < 4.78 is 1.04. The van der Waals surface area contributed by atoms with Crippen LogP contribution in [-0.4, -0.2) is 49.6 Å². The van der Waals surface area contributed by atoms with Crippen LogP contribution in [0.4, 0.5) is 10.5 Å². The van der Waals surface area contributed by atoms with Crippen molar-refractivity contribution in [3.63, 3.8) is 0 Å². The highest BCUT2D eigenvalue weighted by Gasteiger charge is 2.21. The molecule has 22 heavy (non-hydrogen) atoms. The van der Waals surface area contributed by atoms with Crippen molar-refractivity contribution >= 4 is 27.6 Å². The Hall–Kier alpha value is -1.07.